The normalized spacial score (nSPS) is 16.4. The first-order chi connectivity index (χ1) is 7.83. The highest BCUT2D eigenvalue weighted by Crippen LogP contribution is 2.28. The van der Waals surface area contributed by atoms with Crippen LogP contribution in [0.3, 0.4) is 0 Å². The van der Waals surface area contributed by atoms with Crippen LogP contribution in [0, 0.1) is 0 Å². The molecule has 0 amide bonds. The third-order valence-corrected chi connectivity index (χ3v) is 3.09. The van der Waals surface area contributed by atoms with Gasteiger partial charge in [0.25, 0.3) is 0 Å². The Bertz CT molecular complexity index is 556. The molecular weight excluding hydrogens is 222 g/mol. The summed E-state index contributed by atoms with van der Waals surface area (Å²) < 4.78 is 5.81. The molecule has 2 heterocycles. The largest absolute Gasteiger partial charge is 0.456 e. The summed E-state index contributed by atoms with van der Waals surface area (Å²) in [6, 6.07) is 7.78. The fourth-order valence-electron chi connectivity index (χ4n) is 2.02. The molecule has 1 aliphatic heterocycles. The van der Waals surface area contributed by atoms with Crippen molar-refractivity contribution in [1.29, 1.82) is 0 Å². The number of nitrogens with one attached hydrogen (secondary N) is 1. The zero-order valence-corrected chi connectivity index (χ0v) is 9.55. The molecule has 2 nitrogen and oxygen atoms in total. The van der Waals surface area contributed by atoms with Crippen molar-refractivity contribution in [2.45, 2.75) is 6.42 Å². The van der Waals surface area contributed by atoms with Gasteiger partial charge >= 0.3 is 0 Å². The molecule has 0 fully saturated rings. The van der Waals surface area contributed by atoms with Crippen LogP contribution in [0.4, 0.5) is 0 Å². The quantitative estimate of drug-likeness (QED) is 0.816. The van der Waals surface area contributed by atoms with Crippen molar-refractivity contribution >= 4 is 28.1 Å². The zero-order chi connectivity index (χ0) is 11.0. The Morgan fingerprint density at radius 2 is 2.19 bits per heavy atom. The Kier molecular flexibility index (Phi) is 2.46. The van der Waals surface area contributed by atoms with E-state index in [0.29, 0.717) is 0 Å². The summed E-state index contributed by atoms with van der Waals surface area (Å²) in [5, 5.41) is 5.11. The Morgan fingerprint density at radius 1 is 1.25 bits per heavy atom. The van der Waals surface area contributed by atoms with Crippen LogP contribution < -0.4 is 5.32 Å². The first-order valence-corrected chi connectivity index (χ1v) is 5.80. The fourth-order valence-corrected chi connectivity index (χ4v) is 2.20. The second-order valence-electron chi connectivity index (χ2n) is 3.98. The molecule has 0 radical (unpaired) electrons. The van der Waals surface area contributed by atoms with Crippen LogP contribution in [-0.4, -0.2) is 13.1 Å². The average Bonchev–Trinajstić information content (AvgIpc) is 2.73. The molecule has 1 N–H and O–H groups in total. The van der Waals surface area contributed by atoms with Gasteiger partial charge in [-0.1, -0.05) is 17.7 Å². The van der Waals surface area contributed by atoms with E-state index in [1.807, 2.05) is 18.2 Å². The highest BCUT2D eigenvalue weighted by atomic mass is 35.5. The number of furan rings is 1. The second-order valence-corrected chi connectivity index (χ2v) is 4.41. The van der Waals surface area contributed by atoms with Crippen molar-refractivity contribution in [3.8, 4) is 0 Å². The van der Waals surface area contributed by atoms with Gasteiger partial charge in [-0.25, -0.2) is 0 Å². The number of benzene rings is 1. The van der Waals surface area contributed by atoms with Gasteiger partial charge in [0.2, 0.25) is 0 Å². The third-order valence-electron chi connectivity index (χ3n) is 2.86. The molecule has 3 heteroatoms. The minimum Gasteiger partial charge on any atom is -0.456 e. The predicted molar refractivity (Wildman–Crippen MR) is 66.7 cm³/mol. The smallest absolute Gasteiger partial charge is 0.134 e. The van der Waals surface area contributed by atoms with Crippen molar-refractivity contribution in [2.75, 3.05) is 13.1 Å². The number of hydrogen-bond donors (Lipinski definition) is 1. The van der Waals surface area contributed by atoms with E-state index in [2.05, 4.69) is 17.5 Å². The molecule has 3 rings (SSSR count). The summed E-state index contributed by atoms with van der Waals surface area (Å²) in [5.74, 6) is 0.971. The van der Waals surface area contributed by atoms with Crippen molar-refractivity contribution in [3.63, 3.8) is 0 Å². The summed E-state index contributed by atoms with van der Waals surface area (Å²) >= 11 is 5.95. The highest BCUT2D eigenvalue weighted by Gasteiger charge is 2.11. The van der Waals surface area contributed by atoms with E-state index in [9.17, 15) is 0 Å². The molecule has 1 aromatic heterocycles. The van der Waals surface area contributed by atoms with Gasteiger partial charge < -0.3 is 9.73 Å². The Morgan fingerprint density at radius 3 is 3.00 bits per heavy atom. The van der Waals surface area contributed by atoms with Gasteiger partial charge in [-0.15, -0.1) is 0 Å². The van der Waals surface area contributed by atoms with Crippen LogP contribution in [0.15, 0.2) is 34.8 Å². The van der Waals surface area contributed by atoms with Gasteiger partial charge in [0.1, 0.15) is 11.3 Å². The molecule has 0 spiro atoms. The van der Waals surface area contributed by atoms with E-state index in [4.69, 9.17) is 16.0 Å². The minimum absolute atomic E-state index is 0.749. The fraction of sp³-hybridized carbons (Fsp3) is 0.231. The topological polar surface area (TPSA) is 25.2 Å². The van der Waals surface area contributed by atoms with Crippen LogP contribution in [0.1, 0.15) is 12.2 Å². The van der Waals surface area contributed by atoms with Gasteiger partial charge in [0.15, 0.2) is 0 Å². The zero-order valence-electron chi connectivity index (χ0n) is 8.79. The monoisotopic (exact) mass is 233 g/mol. The summed E-state index contributed by atoms with van der Waals surface area (Å²) in [4.78, 5) is 0. The number of halogens is 1. The van der Waals surface area contributed by atoms with E-state index >= 15 is 0 Å². The average molecular weight is 234 g/mol. The van der Waals surface area contributed by atoms with Crippen molar-refractivity contribution in [1.82, 2.24) is 5.32 Å². The lowest BCUT2D eigenvalue weighted by atomic mass is 10.1. The molecule has 0 atom stereocenters. The maximum absolute atomic E-state index is 5.95. The standard InChI is InChI=1S/C13H12ClNO/c14-11-1-2-12-10(7-11)8-13(16-12)9-3-5-15-6-4-9/h1-3,7-8,15H,4-6H2. The summed E-state index contributed by atoms with van der Waals surface area (Å²) in [6.07, 6.45) is 3.20. The Hall–Kier alpha value is -1.25. The first-order valence-electron chi connectivity index (χ1n) is 5.42. The van der Waals surface area contributed by atoms with Gasteiger partial charge in [0, 0.05) is 17.0 Å². The van der Waals surface area contributed by atoms with Gasteiger partial charge in [-0.05, 0) is 42.8 Å². The van der Waals surface area contributed by atoms with Crippen molar-refractivity contribution < 1.29 is 4.42 Å². The number of hydrogen-bond acceptors (Lipinski definition) is 2. The predicted octanol–water partition coefficient (Wildman–Crippen LogP) is 3.46. The molecule has 82 valence electrons. The van der Waals surface area contributed by atoms with Crippen LogP contribution in [0.25, 0.3) is 16.5 Å². The summed E-state index contributed by atoms with van der Waals surface area (Å²) in [6.45, 7) is 1.94. The molecule has 1 aromatic carbocycles. The molecule has 0 saturated heterocycles. The van der Waals surface area contributed by atoms with E-state index in [1.165, 1.54) is 5.57 Å². The molecule has 1 aliphatic rings. The highest BCUT2D eigenvalue weighted by molar-refractivity contribution is 6.31. The van der Waals surface area contributed by atoms with E-state index in [1.54, 1.807) is 0 Å². The van der Waals surface area contributed by atoms with Gasteiger partial charge in [-0.3, -0.25) is 0 Å². The number of fused-ring (bicyclic) bond motifs is 1. The minimum atomic E-state index is 0.749. The van der Waals surface area contributed by atoms with Crippen molar-refractivity contribution in [3.05, 3.63) is 41.1 Å². The molecule has 2 aromatic rings. The molecule has 16 heavy (non-hydrogen) atoms. The second kappa shape index (κ2) is 3.96. The Balaban J connectivity index is 2.07. The maximum Gasteiger partial charge on any atom is 0.134 e. The molecule has 0 bridgehead atoms. The Labute approximate surface area is 98.9 Å². The van der Waals surface area contributed by atoms with E-state index < -0.39 is 0 Å². The molecule has 0 aliphatic carbocycles. The van der Waals surface area contributed by atoms with Crippen LogP contribution in [0.2, 0.25) is 5.02 Å². The van der Waals surface area contributed by atoms with Crippen LogP contribution >= 0.6 is 11.6 Å². The lowest BCUT2D eigenvalue weighted by molar-refractivity contribution is 0.590. The molecule has 0 unspecified atom stereocenters. The van der Waals surface area contributed by atoms with Crippen molar-refractivity contribution in [2.24, 2.45) is 0 Å². The molecular formula is C13H12ClNO. The maximum atomic E-state index is 5.95. The summed E-state index contributed by atoms with van der Waals surface area (Å²) in [7, 11) is 0. The summed E-state index contributed by atoms with van der Waals surface area (Å²) in [5.41, 5.74) is 2.19. The van der Waals surface area contributed by atoms with E-state index in [-0.39, 0.29) is 0 Å². The SMILES string of the molecule is Clc1ccc2oc(C3=CCNCC3)cc2c1. The lowest BCUT2D eigenvalue weighted by Crippen LogP contribution is -2.19. The number of rotatable bonds is 1. The van der Waals surface area contributed by atoms with Gasteiger partial charge in [-0.2, -0.15) is 0 Å². The van der Waals surface area contributed by atoms with E-state index in [0.717, 1.165) is 41.3 Å². The van der Waals surface area contributed by atoms with Crippen LogP contribution in [-0.2, 0) is 0 Å². The first kappa shape index (κ1) is 9.94. The molecule has 0 saturated carbocycles. The lowest BCUT2D eigenvalue weighted by Gasteiger charge is -2.11. The van der Waals surface area contributed by atoms with Crippen LogP contribution in [0.5, 0.6) is 0 Å². The van der Waals surface area contributed by atoms with Gasteiger partial charge in [0.05, 0.1) is 0 Å². The third kappa shape index (κ3) is 1.75.